The van der Waals surface area contributed by atoms with Gasteiger partial charge < -0.3 is 14.8 Å². The number of hydrogen-bond acceptors (Lipinski definition) is 5. The quantitative estimate of drug-likeness (QED) is 0.322. The fourth-order valence-electron chi connectivity index (χ4n) is 2.69. The van der Waals surface area contributed by atoms with Gasteiger partial charge in [-0.25, -0.2) is 0 Å². The predicted octanol–water partition coefficient (Wildman–Crippen LogP) is 4.87. The van der Waals surface area contributed by atoms with Gasteiger partial charge in [0.25, 0.3) is 0 Å². The second-order valence-electron chi connectivity index (χ2n) is 8.33. The van der Waals surface area contributed by atoms with Crippen LogP contribution >= 0.6 is 0 Å². The molecule has 3 atom stereocenters. The Balaban J connectivity index is 4.84. The van der Waals surface area contributed by atoms with E-state index in [1.54, 1.807) is 0 Å². The summed E-state index contributed by atoms with van der Waals surface area (Å²) in [6.07, 6.45) is 6.48. The zero-order valence-corrected chi connectivity index (χ0v) is 18.7. The molecule has 0 saturated heterocycles. The predicted molar refractivity (Wildman–Crippen MR) is 111 cm³/mol. The molecule has 3 unspecified atom stereocenters. The van der Waals surface area contributed by atoms with E-state index >= 15 is 0 Å². The summed E-state index contributed by atoms with van der Waals surface area (Å²) in [5.74, 6) is -0.833. The highest BCUT2D eigenvalue weighted by atomic mass is 16.5. The molecule has 1 N–H and O–H groups in total. The molecule has 0 aromatic heterocycles. The van der Waals surface area contributed by atoms with Gasteiger partial charge in [0.1, 0.15) is 0 Å². The average molecular weight is 386 g/mol. The fraction of sp³-hybridized carbons (Fsp3) is 0.909. The van der Waals surface area contributed by atoms with Crippen LogP contribution < -0.4 is 5.32 Å². The van der Waals surface area contributed by atoms with Crippen LogP contribution in [0.25, 0.3) is 0 Å². The Hall–Kier alpha value is -1.10. The Kier molecular flexibility index (Phi) is 13.4. The zero-order valence-electron chi connectivity index (χ0n) is 18.7. The molecule has 0 bridgehead atoms. The first-order valence-corrected chi connectivity index (χ1v) is 10.8. The molecule has 0 aliphatic heterocycles. The number of ether oxygens (including phenoxy) is 2. The molecule has 0 saturated carbocycles. The number of rotatable bonds is 15. The summed E-state index contributed by atoms with van der Waals surface area (Å²) in [5, 5.41) is 3.38. The van der Waals surface area contributed by atoms with Crippen LogP contribution in [0.1, 0.15) is 93.4 Å². The van der Waals surface area contributed by atoms with Gasteiger partial charge in [0, 0.05) is 6.54 Å². The van der Waals surface area contributed by atoms with Crippen LogP contribution in [0.4, 0.5) is 0 Å². The smallest absolute Gasteiger partial charge is 0.311 e. The van der Waals surface area contributed by atoms with Crippen molar-refractivity contribution in [1.82, 2.24) is 5.32 Å². The minimum atomic E-state index is -0.730. The van der Waals surface area contributed by atoms with Crippen LogP contribution in [0.5, 0.6) is 0 Å². The van der Waals surface area contributed by atoms with Crippen LogP contribution in [0.3, 0.4) is 0 Å². The highest BCUT2D eigenvalue weighted by molar-refractivity contribution is 5.78. The highest BCUT2D eigenvalue weighted by Crippen LogP contribution is 2.29. The molecule has 27 heavy (non-hydrogen) atoms. The lowest BCUT2D eigenvalue weighted by molar-refractivity contribution is -0.162. The SMILES string of the molecule is CCCCCCNCC(CC(C)(C)C(=O)OC(C)CC)C(=O)OC(C)CC. The number of unbranched alkanes of at least 4 members (excludes halogenated alkanes) is 3. The highest BCUT2D eigenvalue weighted by Gasteiger charge is 2.36. The lowest BCUT2D eigenvalue weighted by atomic mass is 9.82. The maximum atomic E-state index is 12.6. The van der Waals surface area contributed by atoms with E-state index in [1.807, 2.05) is 41.5 Å². The maximum absolute atomic E-state index is 12.6. The monoisotopic (exact) mass is 385 g/mol. The standard InChI is InChI=1S/C22H43NO4/c1-8-11-12-13-14-23-16-19(20(24)26-17(4)9-2)15-22(6,7)21(25)27-18(5)10-3/h17-19,23H,8-16H2,1-7H3. The van der Waals surface area contributed by atoms with E-state index in [0.717, 1.165) is 25.8 Å². The van der Waals surface area contributed by atoms with Crippen molar-refractivity contribution in [2.75, 3.05) is 13.1 Å². The normalized spacial score (nSPS) is 15.1. The van der Waals surface area contributed by atoms with Gasteiger partial charge in [-0.1, -0.05) is 40.0 Å². The van der Waals surface area contributed by atoms with Crippen molar-refractivity contribution in [1.29, 1.82) is 0 Å². The van der Waals surface area contributed by atoms with Gasteiger partial charge in [-0.05, 0) is 59.9 Å². The van der Waals surface area contributed by atoms with Crippen molar-refractivity contribution in [2.45, 2.75) is 106 Å². The van der Waals surface area contributed by atoms with Gasteiger partial charge in [0.2, 0.25) is 0 Å². The Bertz CT molecular complexity index is 423. The van der Waals surface area contributed by atoms with Crippen LogP contribution in [0.15, 0.2) is 0 Å². The molecule has 0 aliphatic rings. The third-order valence-corrected chi connectivity index (χ3v) is 5.02. The second kappa shape index (κ2) is 14.0. The lowest BCUT2D eigenvalue weighted by Crippen LogP contribution is -2.39. The number of nitrogens with one attached hydrogen (secondary N) is 1. The summed E-state index contributed by atoms with van der Waals surface area (Å²) in [6, 6.07) is 0. The summed E-state index contributed by atoms with van der Waals surface area (Å²) in [6.45, 7) is 15.1. The van der Waals surface area contributed by atoms with Gasteiger partial charge in [-0.2, -0.15) is 0 Å². The summed E-state index contributed by atoms with van der Waals surface area (Å²) in [7, 11) is 0. The summed E-state index contributed by atoms with van der Waals surface area (Å²) >= 11 is 0. The topological polar surface area (TPSA) is 64.6 Å². The van der Waals surface area contributed by atoms with E-state index < -0.39 is 5.41 Å². The van der Waals surface area contributed by atoms with Crippen molar-refractivity contribution < 1.29 is 19.1 Å². The minimum Gasteiger partial charge on any atom is -0.462 e. The molecule has 0 radical (unpaired) electrons. The van der Waals surface area contributed by atoms with Gasteiger partial charge in [-0.15, -0.1) is 0 Å². The largest absolute Gasteiger partial charge is 0.462 e. The third kappa shape index (κ3) is 11.4. The molecular formula is C22H43NO4. The molecule has 5 nitrogen and oxygen atoms in total. The summed E-state index contributed by atoms with van der Waals surface area (Å²) < 4.78 is 11.1. The fourth-order valence-corrected chi connectivity index (χ4v) is 2.69. The van der Waals surface area contributed by atoms with Crippen LogP contribution in [-0.2, 0) is 19.1 Å². The first kappa shape index (κ1) is 25.9. The molecule has 0 rings (SSSR count). The minimum absolute atomic E-state index is 0.111. The van der Waals surface area contributed by atoms with E-state index in [1.165, 1.54) is 19.3 Å². The van der Waals surface area contributed by atoms with E-state index in [2.05, 4.69) is 12.2 Å². The van der Waals surface area contributed by atoms with Crippen molar-refractivity contribution in [3.63, 3.8) is 0 Å². The Morgan fingerprint density at radius 3 is 2.07 bits per heavy atom. The van der Waals surface area contributed by atoms with Crippen molar-refractivity contribution >= 4 is 11.9 Å². The van der Waals surface area contributed by atoms with Crippen LogP contribution in [-0.4, -0.2) is 37.2 Å². The van der Waals surface area contributed by atoms with E-state index in [4.69, 9.17) is 9.47 Å². The van der Waals surface area contributed by atoms with Crippen LogP contribution in [0.2, 0.25) is 0 Å². The molecule has 160 valence electrons. The summed E-state index contributed by atoms with van der Waals surface area (Å²) in [5.41, 5.74) is -0.730. The number of carbonyl (C=O) groups excluding carboxylic acids is 2. The van der Waals surface area contributed by atoms with Crippen LogP contribution in [0, 0.1) is 11.3 Å². The summed E-state index contributed by atoms with van der Waals surface area (Å²) in [4.78, 5) is 25.2. The molecule has 0 aromatic carbocycles. The zero-order chi connectivity index (χ0) is 20.9. The first-order valence-electron chi connectivity index (χ1n) is 10.8. The van der Waals surface area contributed by atoms with E-state index in [-0.39, 0.29) is 30.1 Å². The molecule has 0 heterocycles. The van der Waals surface area contributed by atoms with Crippen molar-refractivity contribution in [3.8, 4) is 0 Å². The lowest BCUT2D eigenvalue weighted by Gasteiger charge is -2.29. The first-order chi connectivity index (χ1) is 12.7. The molecule has 0 aliphatic carbocycles. The molecule has 5 heteroatoms. The molecule has 0 amide bonds. The van der Waals surface area contributed by atoms with Gasteiger partial charge in [0.15, 0.2) is 0 Å². The van der Waals surface area contributed by atoms with Crippen molar-refractivity contribution in [2.24, 2.45) is 11.3 Å². The number of carbonyl (C=O) groups is 2. The van der Waals surface area contributed by atoms with Crippen molar-refractivity contribution in [3.05, 3.63) is 0 Å². The average Bonchev–Trinajstić information content (AvgIpc) is 2.62. The maximum Gasteiger partial charge on any atom is 0.311 e. The Labute approximate surface area is 167 Å². The second-order valence-corrected chi connectivity index (χ2v) is 8.33. The molecular weight excluding hydrogens is 342 g/mol. The molecule has 0 aromatic rings. The number of hydrogen-bond donors (Lipinski definition) is 1. The molecule has 0 spiro atoms. The number of esters is 2. The van der Waals surface area contributed by atoms with Gasteiger partial charge in [-0.3, -0.25) is 9.59 Å². The Morgan fingerprint density at radius 2 is 1.52 bits per heavy atom. The van der Waals surface area contributed by atoms with E-state index in [9.17, 15) is 9.59 Å². The van der Waals surface area contributed by atoms with Gasteiger partial charge >= 0.3 is 11.9 Å². The Morgan fingerprint density at radius 1 is 0.926 bits per heavy atom. The van der Waals surface area contributed by atoms with Gasteiger partial charge in [0.05, 0.1) is 23.5 Å². The molecule has 0 fully saturated rings. The van der Waals surface area contributed by atoms with E-state index in [0.29, 0.717) is 13.0 Å². The third-order valence-electron chi connectivity index (χ3n) is 5.02.